The molecule has 0 unspecified atom stereocenters. The zero-order valence-corrected chi connectivity index (χ0v) is 9.89. The van der Waals surface area contributed by atoms with Gasteiger partial charge in [-0.3, -0.25) is 4.98 Å². The van der Waals surface area contributed by atoms with E-state index in [0.29, 0.717) is 0 Å². The summed E-state index contributed by atoms with van der Waals surface area (Å²) < 4.78 is 0. The summed E-state index contributed by atoms with van der Waals surface area (Å²) in [6.45, 7) is 4.34. The van der Waals surface area contributed by atoms with E-state index in [1.807, 2.05) is 0 Å². The maximum atomic E-state index is 4.62. The van der Waals surface area contributed by atoms with Gasteiger partial charge in [-0.05, 0) is 24.5 Å². The number of hydrogen-bond donors (Lipinski definition) is 0. The fourth-order valence-electron chi connectivity index (χ4n) is 1.35. The molecular weight excluding hydrogens is 226 g/mol. The van der Waals surface area contributed by atoms with Gasteiger partial charge in [0.2, 0.25) is 0 Å². The summed E-state index contributed by atoms with van der Waals surface area (Å²) in [6.07, 6.45) is 3.29. The molecule has 0 atom stereocenters. The number of rotatable bonds is 4. The summed E-state index contributed by atoms with van der Waals surface area (Å²) in [7, 11) is 0. The molecule has 0 amide bonds. The molecule has 0 saturated heterocycles. The van der Waals surface area contributed by atoms with Crippen LogP contribution in [0.15, 0.2) is 12.1 Å². The minimum Gasteiger partial charge on any atom is -0.258 e. The van der Waals surface area contributed by atoms with Gasteiger partial charge in [-0.1, -0.05) is 42.3 Å². The number of alkyl halides is 1. The highest BCUT2D eigenvalue weighted by Gasteiger charge is 2.02. The second-order valence-corrected chi connectivity index (χ2v) is 3.71. The van der Waals surface area contributed by atoms with Crippen molar-refractivity contribution >= 4 is 15.9 Å². The Morgan fingerprint density at radius 1 is 1.31 bits per heavy atom. The summed E-state index contributed by atoms with van der Waals surface area (Å²) in [5.74, 6) is 0. The maximum absolute atomic E-state index is 4.62. The highest BCUT2D eigenvalue weighted by Crippen LogP contribution is 2.13. The first kappa shape index (κ1) is 10.7. The fourth-order valence-corrected chi connectivity index (χ4v) is 1.86. The number of halogens is 1. The predicted octanol–water partition coefficient (Wildman–Crippen LogP) is 3.49. The minimum atomic E-state index is 0.916. The van der Waals surface area contributed by atoms with Crippen LogP contribution in [0.5, 0.6) is 0 Å². The molecule has 0 bridgehead atoms. The summed E-state index contributed by atoms with van der Waals surface area (Å²) in [5, 5.41) is 0.916. The van der Waals surface area contributed by atoms with Gasteiger partial charge in [0.1, 0.15) is 0 Å². The van der Waals surface area contributed by atoms with Crippen molar-refractivity contribution in [2.45, 2.75) is 38.4 Å². The van der Waals surface area contributed by atoms with Crippen molar-refractivity contribution < 1.29 is 0 Å². The van der Waals surface area contributed by atoms with Gasteiger partial charge in [0.25, 0.3) is 0 Å². The van der Waals surface area contributed by atoms with Gasteiger partial charge in [-0.15, -0.1) is 0 Å². The third-order valence-corrected chi connectivity index (χ3v) is 2.72. The Morgan fingerprint density at radius 2 is 2.08 bits per heavy atom. The number of pyridine rings is 1. The van der Waals surface area contributed by atoms with Crippen LogP contribution in [0, 0.1) is 0 Å². The molecule has 2 heteroatoms. The van der Waals surface area contributed by atoms with Crippen LogP contribution in [0.1, 0.15) is 37.2 Å². The average molecular weight is 242 g/mol. The van der Waals surface area contributed by atoms with Crippen LogP contribution in [0.4, 0.5) is 0 Å². The molecule has 13 heavy (non-hydrogen) atoms. The van der Waals surface area contributed by atoms with Crippen molar-refractivity contribution in [2.75, 3.05) is 0 Å². The van der Waals surface area contributed by atoms with E-state index in [1.165, 1.54) is 23.4 Å². The molecular formula is C11H16BrN. The van der Waals surface area contributed by atoms with Crippen LogP contribution in [0.3, 0.4) is 0 Å². The van der Waals surface area contributed by atoms with Crippen molar-refractivity contribution in [3.63, 3.8) is 0 Å². The van der Waals surface area contributed by atoms with E-state index in [2.05, 4.69) is 46.9 Å². The van der Waals surface area contributed by atoms with Crippen molar-refractivity contribution in [2.24, 2.45) is 0 Å². The Balaban J connectivity index is 2.95. The Bertz CT molecular complexity index is 271. The predicted molar refractivity (Wildman–Crippen MR) is 60.2 cm³/mol. The SMILES string of the molecule is CCCc1nc(CC)ccc1CBr. The van der Waals surface area contributed by atoms with Gasteiger partial charge >= 0.3 is 0 Å². The molecule has 0 aliphatic carbocycles. The number of aryl methyl sites for hydroxylation is 2. The number of nitrogens with zero attached hydrogens (tertiary/aromatic N) is 1. The molecule has 0 aliphatic rings. The molecule has 72 valence electrons. The molecule has 1 nitrogen and oxygen atoms in total. The van der Waals surface area contributed by atoms with Crippen molar-refractivity contribution in [3.8, 4) is 0 Å². The van der Waals surface area contributed by atoms with Crippen LogP contribution < -0.4 is 0 Å². The molecule has 0 saturated carbocycles. The van der Waals surface area contributed by atoms with Gasteiger partial charge in [0.15, 0.2) is 0 Å². The monoisotopic (exact) mass is 241 g/mol. The molecule has 0 aliphatic heterocycles. The molecule has 0 spiro atoms. The highest BCUT2D eigenvalue weighted by atomic mass is 79.9. The zero-order chi connectivity index (χ0) is 9.68. The normalized spacial score (nSPS) is 10.4. The fraction of sp³-hybridized carbons (Fsp3) is 0.545. The highest BCUT2D eigenvalue weighted by molar-refractivity contribution is 9.08. The second kappa shape index (κ2) is 5.38. The topological polar surface area (TPSA) is 12.9 Å². The Labute approximate surface area is 88.7 Å². The number of hydrogen-bond acceptors (Lipinski definition) is 1. The van der Waals surface area contributed by atoms with Crippen LogP contribution in [0.25, 0.3) is 0 Å². The lowest BCUT2D eigenvalue weighted by Crippen LogP contribution is -1.99. The lowest BCUT2D eigenvalue weighted by Gasteiger charge is -2.06. The lowest BCUT2D eigenvalue weighted by atomic mass is 10.1. The molecule has 0 radical (unpaired) electrons. The molecule has 0 fully saturated rings. The molecule has 1 heterocycles. The Kier molecular flexibility index (Phi) is 4.43. The van der Waals surface area contributed by atoms with Gasteiger partial charge in [0, 0.05) is 16.7 Å². The Hall–Kier alpha value is -0.370. The van der Waals surface area contributed by atoms with Gasteiger partial charge in [0.05, 0.1) is 0 Å². The Morgan fingerprint density at radius 3 is 2.62 bits per heavy atom. The van der Waals surface area contributed by atoms with Crippen molar-refractivity contribution in [1.29, 1.82) is 0 Å². The van der Waals surface area contributed by atoms with E-state index >= 15 is 0 Å². The molecule has 1 aromatic heterocycles. The molecule has 0 aromatic carbocycles. The molecule has 1 rings (SSSR count). The lowest BCUT2D eigenvalue weighted by molar-refractivity contribution is 0.849. The van der Waals surface area contributed by atoms with Gasteiger partial charge in [-0.25, -0.2) is 0 Å². The van der Waals surface area contributed by atoms with Gasteiger partial charge in [-0.2, -0.15) is 0 Å². The van der Waals surface area contributed by atoms with E-state index in [1.54, 1.807) is 0 Å². The van der Waals surface area contributed by atoms with Crippen LogP contribution in [-0.4, -0.2) is 4.98 Å². The van der Waals surface area contributed by atoms with Crippen molar-refractivity contribution in [1.82, 2.24) is 4.98 Å². The summed E-state index contributed by atoms with van der Waals surface area (Å²) in [5.41, 5.74) is 3.80. The zero-order valence-electron chi connectivity index (χ0n) is 8.31. The van der Waals surface area contributed by atoms with E-state index in [-0.39, 0.29) is 0 Å². The molecule has 0 N–H and O–H groups in total. The second-order valence-electron chi connectivity index (χ2n) is 3.15. The minimum absolute atomic E-state index is 0.916. The largest absolute Gasteiger partial charge is 0.258 e. The first-order valence-electron chi connectivity index (χ1n) is 4.85. The summed E-state index contributed by atoms with van der Waals surface area (Å²) in [6, 6.07) is 4.31. The van der Waals surface area contributed by atoms with Crippen molar-refractivity contribution in [3.05, 3.63) is 29.1 Å². The van der Waals surface area contributed by atoms with E-state index in [9.17, 15) is 0 Å². The third kappa shape index (κ3) is 2.80. The standard InChI is InChI=1S/C11H16BrN/c1-3-5-11-9(8-12)6-7-10(4-2)13-11/h6-7H,3-5,8H2,1-2H3. The van der Waals surface area contributed by atoms with E-state index in [0.717, 1.165) is 18.2 Å². The van der Waals surface area contributed by atoms with Crippen LogP contribution in [-0.2, 0) is 18.2 Å². The summed E-state index contributed by atoms with van der Waals surface area (Å²) >= 11 is 3.48. The number of aromatic nitrogens is 1. The third-order valence-electron chi connectivity index (χ3n) is 2.12. The van der Waals surface area contributed by atoms with Crippen LogP contribution in [0.2, 0.25) is 0 Å². The van der Waals surface area contributed by atoms with E-state index < -0.39 is 0 Å². The van der Waals surface area contributed by atoms with Crippen LogP contribution >= 0.6 is 15.9 Å². The first-order valence-corrected chi connectivity index (χ1v) is 5.97. The molecule has 1 aromatic rings. The summed E-state index contributed by atoms with van der Waals surface area (Å²) in [4.78, 5) is 4.62. The first-order chi connectivity index (χ1) is 6.31. The smallest absolute Gasteiger partial charge is 0.0447 e. The van der Waals surface area contributed by atoms with Gasteiger partial charge < -0.3 is 0 Å². The quantitative estimate of drug-likeness (QED) is 0.736. The maximum Gasteiger partial charge on any atom is 0.0447 e. The average Bonchev–Trinajstić information content (AvgIpc) is 2.18. The van der Waals surface area contributed by atoms with E-state index in [4.69, 9.17) is 0 Å².